The second-order valence-electron chi connectivity index (χ2n) is 5.37. The van der Waals surface area contributed by atoms with Crippen LogP contribution in [0.2, 0.25) is 0 Å². The largest absolute Gasteiger partial charge is 0.493 e. The van der Waals surface area contributed by atoms with Crippen LogP contribution in [0.15, 0.2) is 22.1 Å². The first-order valence-electron chi connectivity index (χ1n) is 7.50. The molecule has 1 fully saturated rings. The van der Waals surface area contributed by atoms with Crippen molar-refractivity contribution >= 4 is 22.7 Å². The van der Waals surface area contributed by atoms with Crippen molar-refractivity contribution in [1.82, 2.24) is 9.55 Å². The summed E-state index contributed by atoms with van der Waals surface area (Å²) in [6.07, 6.45) is 4.02. The van der Waals surface area contributed by atoms with Gasteiger partial charge in [-0.05, 0) is 25.2 Å². The fourth-order valence-electron chi connectivity index (χ4n) is 2.84. The molecular formula is C16H20N2O4S. The molecule has 0 radical (unpaired) electrons. The van der Waals surface area contributed by atoms with Gasteiger partial charge in [0.2, 0.25) is 0 Å². The summed E-state index contributed by atoms with van der Waals surface area (Å²) in [7, 11) is 3.12. The van der Waals surface area contributed by atoms with Gasteiger partial charge in [-0.25, -0.2) is 4.98 Å². The molecule has 1 saturated heterocycles. The van der Waals surface area contributed by atoms with E-state index in [0.29, 0.717) is 34.1 Å². The van der Waals surface area contributed by atoms with Gasteiger partial charge in [0, 0.05) is 12.7 Å². The molecular weight excluding hydrogens is 316 g/mol. The number of methoxy groups -OCH3 is 2. The number of thioether (sulfide) groups is 1. The van der Waals surface area contributed by atoms with Gasteiger partial charge in [0.25, 0.3) is 5.56 Å². The Labute approximate surface area is 138 Å². The zero-order valence-corrected chi connectivity index (χ0v) is 14.3. The van der Waals surface area contributed by atoms with Crippen molar-refractivity contribution in [2.75, 3.05) is 27.1 Å². The highest BCUT2D eigenvalue weighted by atomic mass is 32.2. The quantitative estimate of drug-likeness (QED) is 0.617. The molecule has 0 amide bonds. The van der Waals surface area contributed by atoms with E-state index in [2.05, 4.69) is 4.98 Å². The predicted octanol–water partition coefficient (Wildman–Crippen LogP) is 2.31. The highest BCUT2D eigenvalue weighted by Gasteiger charge is 2.20. The number of rotatable bonds is 5. The summed E-state index contributed by atoms with van der Waals surface area (Å²) < 4.78 is 18.0. The molecule has 1 aromatic carbocycles. The molecule has 1 aliphatic rings. The van der Waals surface area contributed by atoms with E-state index >= 15 is 0 Å². The summed E-state index contributed by atoms with van der Waals surface area (Å²) in [5, 5.41) is 1.21. The molecule has 0 N–H and O–H groups in total. The van der Waals surface area contributed by atoms with E-state index in [4.69, 9.17) is 14.2 Å². The lowest BCUT2D eigenvalue weighted by molar-refractivity contribution is 0.0937. The third-order valence-electron chi connectivity index (χ3n) is 4.02. The number of ether oxygens (including phenoxy) is 3. The summed E-state index contributed by atoms with van der Waals surface area (Å²) >= 11 is 1.46. The molecule has 3 rings (SSSR count). The summed E-state index contributed by atoms with van der Waals surface area (Å²) in [4.78, 5) is 17.5. The lowest BCUT2D eigenvalue weighted by Crippen LogP contribution is -2.28. The minimum Gasteiger partial charge on any atom is -0.493 e. The van der Waals surface area contributed by atoms with E-state index in [0.717, 1.165) is 19.4 Å². The SMILES string of the molecule is COc1cc2nc(SC)n(C[C@H]3CCCO3)c(=O)c2cc1OC. The molecule has 1 atom stereocenters. The third-order valence-corrected chi connectivity index (χ3v) is 4.69. The zero-order valence-electron chi connectivity index (χ0n) is 13.5. The van der Waals surface area contributed by atoms with Gasteiger partial charge in [-0.15, -0.1) is 0 Å². The molecule has 2 aromatic rings. The van der Waals surface area contributed by atoms with Gasteiger partial charge in [0.05, 0.1) is 37.8 Å². The van der Waals surface area contributed by atoms with Crippen LogP contribution in [0.25, 0.3) is 10.9 Å². The Morgan fingerprint density at radius 1 is 1.35 bits per heavy atom. The minimum atomic E-state index is -0.0733. The fourth-order valence-corrected chi connectivity index (χ4v) is 3.40. The van der Waals surface area contributed by atoms with E-state index in [1.165, 1.54) is 11.8 Å². The average Bonchev–Trinajstić information content (AvgIpc) is 3.09. The third kappa shape index (κ3) is 3.03. The number of hydrogen-bond acceptors (Lipinski definition) is 6. The number of benzene rings is 1. The fraction of sp³-hybridized carbons (Fsp3) is 0.500. The van der Waals surface area contributed by atoms with E-state index in [-0.39, 0.29) is 11.7 Å². The zero-order chi connectivity index (χ0) is 16.4. The van der Waals surface area contributed by atoms with E-state index in [9.17, 15) is 4.79 Å². The summed E-state index contributed by atoms with van der Waals surface area (Å²) in [6, 6.07) is 3.44. The Morgan fingerprint density at radius 3 is 2.70 bits per heavy atom. The molecule has 0 spiro atoms. The Hall–Kier alpha value is -1.73. The molecule has 0 bridgehead atoms. The van der Waals surface area contributed by atoms with Gasteiger partial charge in [0.15, 0.2) is 16.7 Å². The Kier molecular flexibility index (Phi) is 4.77. The highest BCUT2D eigenvalue weighted by Crippen LogP contribution is 2.31. The number of aromatic nitrogens is 2. The van der Waals surface area contributed by atoms with Crippen molar-refractivity contribution in [1.29, 1.82) is 0 Å². The van der Waals surface area contributed by atoms with Crippen molar-refractivity contribution in [3.8, 4) is 11.5 Å². The van der Waals surface area contributed by atoms with Gasteiger partial charge in [-0.2, -0.15) is 0 Å². The maximum Gasteiger partial charge on any atom is 0.262 e. The molecule has 0 unspecified atom stereocenters. The van der Waals surface area contributed by atoms with Crippen molar-refractivity contribution in [2.24, 2.45) is 0 Å². The molecule has 124 valence electrons. The summed E-state index contributed by atoms with van der Waals surface area (Å²) in [5.74, 6) is 1.09. The first-order valence-corrected chi connectivity index (χ1v) is 8.72. The molecule has 1 aliphatic heterocycles. The number of nitrogens with zero attached hydrogens (tertiary/aromatic N) is 2. The van der Waals surface area contributed by atoms with Crippen LogP contribution in [0, 0.1) is 0 Å². The van der Waals surface area contributed by atoms with Crippen molar-refractivity contribution in [3.05, 3.63) is 22.5 Å². The number of fused-ring (bicyclic) bond motifs is 1. The molecule has 0 aliphatic carbocycles. The van der Waals surface area contributed by atoms with E-state index < -0.39 is 0 Å². The van der Waals surface area contributed by atoms with Crippen LogP contribution in [0.4, 0.5) is 0 Å². The first kappa shape index (κ1) is 16.1. The molecule has 0 saturated carbocycles. The lowest BCUT2D eigenvalue weighted by atomic mass is 10.2. The molecule has 6 nitrogen and oxygen atoms in total. The van der Waals surface area contributed by atoms with Crippen LogP contribution in [0.1, 0.15) is 12.8 Å². The van der Waals surface area contributed by atoms with Crippen LogP contribution >= 0.6 is 11.8 Å². The van der Waals surface area contributed by atoms with E-state index in [1.807, 2.05) is 6.26 Å². The molecule has 7 heteroatoms. The second kappa shape index (κ2) is 6.80. The van der Waals surface area contributed by atoms with Crippen LogP contribution < -0.4 is 15.0 Å². The van der Waals surface area contributed by atoms with Gasteiger partial charge >= 0.3 is 0 Å². The second-order valence-corrected chi connectivity index (χ2v) is 6.15. The molecule has 23 heavy (non-hydrogen) atoms. The van der Waals surface area contributed by atoms with Crippen LogP contribution in [-0.2, 0) is 11.3 Å². The van der Waals surface area contributed by atoms with Crippen molar-refractivity contribution < 1.29 is 14.2 Å². The van der Waals surface area contributed by atoms with Gasteiger partial charge < -0.3 is 14.2 Å². The van der Waals surface area contributed by atoms with Crippen LogP contribution in [-0.4, -0.2) is 42.7 Å². The van der Waals surface area contributed by atoms with Crippen LogP contribution in [0.3, 0.4) is 0 Å². The van der Waals surface area contributed by atoms with Gasteiger partial charge in [0.1, 0.15) is 0 Å². The topological polar surface area (TPSA) is 62.6 Å². The standard InChI is InChI=1S/C16H20N2O4S/c1-20-13-7-11-12(8-14(13)21-2)17-16(23-3)18(15(11)19)9-10-5-4-6-22-10/h7-8,10H,4-6,9H2,1-3H3/t10-/m1/s1. The first-order chi connectivity index (χ1) is 11.2. The van der Waals surface area contributed by atoms with Gasteiger partial charge in [-0.3, -0.25) is 9.36 Å². The molecule has 1 aromatic heterocycles. The van der Waals surface area contributed by atoms with Crippen molar-refractivity contribution in [3.63, 3.8) is 0 Å². The predicted molar refractivity (Wildman–Crippen MR) is 89.9 cm³/mol. The average molecular weight is 336 g/mol. The highest BCUT2D eigenvalue weighted by molar-refractivity contribution is 7.98. The van der Waals surface area contributed by atoms with Crippen molar-refractivity contribution in [2.45, 2.75) is 30.6 Å². The summed E-state index contributed by atoms with van der Waals surface area (Å²) in [6.45, 7) is 1.30. The maximum absolute atomic E-state index is 12.9. The monoisotopic (exact) mass is 336 g/mol. The Bertz CT molecular complexity index is 769. The lowest BCUT2D eigenvalue weighted by Gasteiger charge is -2.16. The summed E-state index contributed by atoms with van der Waals surface area (Å²) in [5.41, 5.74) is 0.538. The minimum absolute atomic E-state index is 0.0733. The normalized spacial score (nSPS) is 17.6. The van der Waals surface area contributed by atoms with E-state index in [1.54, 1.807) is 30.9 Å². The van der Waals surface area contributed by atoms with Crippen LogP contribution in [0.5, 0.6) is 11.5 Å². The van der Waals surface area contributed by atoms with Gasteiger partial charge in [-0.1, -0.05) is 11.8 Å². The maximum atomic E-state index is 12.9. The number of hydrogen-bond donors (Lipinski definition) is 0. The smallest absolute Gasteiger partial charge is 0.262 e. The molecule has 2 heterocycles. The Balaban J connectivity index is 2.15. The Morgan fingerprint density at radius 2 is 2.09 bits per heavy atom.